The van der Waals surface area contributed by atoms with E-state index < -0.39 is 0 Å². The lowest BCUT2D eigenvalue weighted by atomic mass is 10.1. The van der Waals surface area contributed by atoms with Crippen molar-refractivity contribution >= 4 is 0 Å². The van der Waals surface area contributed by atoms with Crippen molar-refractivity contribution in [2.45, 2.75) is 44.8 Å². The van der Waals surface area contributed by atoms with Crippen LogP contribution in [0.1, 0.15) is 44.2 Å². The Kier molecular flexibility index (Phi) is 3.44. The van der Waals surface area contributed by atoms with Crippen molar-refractivity contribution in [3.63, 3.8) is 0 Å². The summed E-state index contributed by atoms with van der Waals surface area (Å²) in [6.45, 7) is 1.84. The van der Waals surface area contributed by atoms with Gasteiger partial charge in [-0.25, -0.2) is 4.39 Å². The molecule has 16 heavy (non-hydrogen) atoms. The van der Waals surface area contributed by atoms with Crippen molar-refractivity contribution in [2.24, 2.45) is 5.73 Å². The van der Waals surface area contributed by atoms with Crippen LogP contribution in [0.5, 0.6) is 5.75 Å². The zero-order valence-electron chi connectivity index (χ0n) is 9.58. The molecule has 2 N–H and O–H groups in total. The Morgan fingerprint density at radius 3 is 2.69 bits per heavy atom. The molecule has 0 bridgehead atoms. The third-order valence-electron chi connectivity index (χ3n) is 3.07. The van der Waals surface area contributed by atoms with Crippen molar-refractivity contribution in [3.8, 4) is 5.75 Å². The first kappa shape index (κ1) is 11.4. The fraction of sp³-hybridized carbons (Fsp3) is 0.538. The molecular weight excluding hydrogens is 205 g/mol. The Morgan fingerprint density at radius 2 is 2.06 bits per heavy atom. The second-order valence-corrected chi connectivity index (χ2v) is 4.47. The van der Waals surface area contributed by atoms with Gasteiger partial charge < -0.3 is 10.5 Å². The lowest BCUT2D eigenvalue weighted by Crippen LogP contribution is -2.16. The van der Waals surface area contributed by atoms with Gasteiger partial charge in [-0.3, -0.25) is 0 Å². The summed E-state index contributed by atoms with van der Waals surface area (Å²) in [5.74, 6) is 0.0473. The number of rotatable bonds is 3. The zero-order valence-corrected chi connectivity index (χ0v) is 9.58. The lowest BCUT2D eigenvalue weighted by molar-refractivity contribution is 0.197. The SMILES string of the molecule is CC(N)c1cccc(F)c1OC1CCCC1. The van der Waals surface area contributed by atoms with Gasteiger partial charge in [-0.2, -0.15) is 0 Å². The van der Waals surface area contributed by atoms with E-state index in [9.17, 15) is 4.39 Å². The standard InChI is InChI=1S/C13H18FNO/c1-9(15)11-7-4-8-12(14)13(11)16-10-5-2-3-6-10/h4,7-10H,2-3,5-6,15H2,1H3. The third-order valence-corrected chi connectivity index (χ3v) is 3.07. The highest BCUT2D eigenvalue weighted by Gasteiger charge is 2.21. The first-order valence-electron chi connectivity index (χ1n) is 5.89. The number of nitrogens with two attached hydrogens (primary N) is 1. The quantitative estimate of drug-likeness (QED) is 0.854. The molecule has 3 heteroatoms. The van der Waals surface area contributed by atoms with Crippen LogP contribution < -0.4 is 10.5 Å². The number of ether oxygens (including phenoxy) is 1. The summed E-state index contributed by atoms with van der Waals surface area (Å²) in [7, 11) is 0. The Balaban J connectivity index is 2.23. The molecular formula is C13H18FNO. The molecule has 0 aliphatic heterocycles. The molecule has 0 aromatic heterocycles. The monoisotopic (exact) mass is 223 g/mol. The molecule has 1 aliphatic rings. The highest BCUT2D eigenvalue weighted by atomic mass is 19.1. The van der Waals surface area contributed by atoms with E-state index in [0.29, 0.717) is 5.75 Å². The molecule has 0 spiro atoms. The highest BCUT2D eigenvalue weighted by molar-refractivity contribution is 5.37. The molecule has 0 amide bonds. The number of benzene rings is 1. The fourth-order valence-corrected chi connectivity index (χ4v) is 2.18. The van der Waals surface area contributed by atoms with Crippen molar-refractivity contribution in [1.29, 1.82) is 0 Å². The molecule has 1 fully saturated rings. The van der Waals surface area contributed by atoms with Crippen molar-refractivity contribution in [2.75, 3.05) is 0 Å². The lowest BCUT2D eigenvalue weighted by Gasteiger charge is -2.18. The van der Waals surface area contributed by atoms with E-state index in [-0.39, 0.29) is 18.0 Å². The summed E-state index contributed by atoms with van der Waals surface area (Å²) in [4.78, 5) is 0. The van der Waals surface area contributed by atoms with Crippen molar-refractivity contribution in [1.82, 2.24) is 0 Å². The van der Waals surface area contributed by atoms with Crippen molar-refractivity contribution in [3.05, 3.63) is 29.6 Å². The largest absolute Gasteiger partial charge is 0.487 e. The molecule has 1 unspecified atom stereocenters. The van der Waals surface area contributed by atoms with Gasteiger partial charge in [-0.1, -0.05) is 12.1 Å². The van der Waals surface area contributed by atoms with E-state index in [2.05, 4.69) is 0 Å². The summed E-state index contributed by atoms with van der Waals surface area (Å²) in [5.41, 5.74) is 6.57. The minimum absolute atomic E-state index is 0.161. The van der Waals surface area contributed by atoms with Crippen LogP contribution >= 0.6 is 0 Å². The second kappa shape index (κ2) is 4.83. The molecule has 2 nitrogen and oxygen atoms in total. The van der Waals surface area contributed by atoms with Gasteiger partial charge in [-0.05, 0) is 38.7 Å². The summed E-state index contributed by atoms with van der Waals surface area (Å²) < 4.78 is 19.4. The van der Waals surface area contributed by atoms with E-state index in [1.54, 1.807) is 6.07 Å². The van der Waals surface area contributed by atoms with Crippen LogP contribution in [0.4, 0.5) is 4.39 Å². The summed E-state index contributed by atoms with van der Waals surface area (Å²) in [6.07, 6.45) is 4.55. The minimum atomic E-state index is -0.304. The average Bonchev–Trinajstić information content (AvgIpc) is 2.73. The third kappa shape index (κ3) is 2.35. The maximum absolute atomic E-state index is 13.7. The highest BCUT2D eigenvalue weighted by Crippen LogP contribution is 2.31. The molecule has 0 heterocycles. The molecule has 1 atom stereocenters. The predicted octanol–water partition coefficient (Wildman–Crippen LogP) is 3.17. The van der Waals surface area contributed by atoms with Gasteiger partial charge in [-0.15, -0.1) is 0 Å². The number of hydrogen-bond acceptors (Lipinski definition) is 2. The molecule has 88 valence electrons. The van der Waals surface area contributed by atoms with E-state index >= 15 is 0 Å². The van der Waals surface area contributed by atoms with Crippen LogP contribution in [0.15, 0.2) is 18.2 Å². The van der Waals surface area contributed by atoms with Crippen LogP contribution in [0, 0.1) is 5.82 Å². The Bertz CT molecular complexity index is 359. The zero-order chi connectivity index (χ0) is 11.5. The Hall–Kier alpha value is -1.09. The molecule has 1 aromatic carbocycles. The van der Waals surface area contributed by atoms with Crippen LogP contribution in [0.25, 0.3) is 0 Å². The van der Waals surface area contributed by atoms with Gasteiger partial charge in [0.1, 0.15) is 0 Å². The summed E-state index contributed by atoms with van der Waals surface area (Å²) in [6, 6.07) is 4.73. The van der Waals surface area contributed by atoms with Crippen LogP contribution in [-0.2, 0) is 0 Å². The molecule has 1 saturated carbocycles. The average molecular weight is 223 g/mol. The van der Waals surface area contributed by atoms with E-state index in [4.69, 9.17) is 10.5 Å². The van der Waals surface area contributed by atoms with Crippen LogP contribution in [0.3, 0.4) is 0 Å². The second-order valence-electron chi connectivity index (χ2n) is 4.47. The number of para-hydroxylation sites is 1. The normalized spacial score (nSPS) is 18.7. The number of hydrogen-bond donors (Lipinski definition) is 1. The van der Waals surface area contributed by atoms with Gasteiger partial charge in [0.15, 0.2) is 11.6 Å². The van der Waals surface area contributed by atoms with Gasteiger partial charge in [0, 0.05) is 11.6 Å². The first-order chi connectivity index (χ1) is 7.68. The van der Waals surface area contributed by atoms with Gasteiger partial charge in [0.25, 0.3) is 0 Å². The van der Waals surface area contributed by atoms with Crippen LogP contribution in [-0.4, -0.2) is 6.10 Å². The van der Waals surface area contributed by atoms with Crippen molar-refractivity contribution < 1.29 is 9.13 Å². The fourth-order valence-electron chi connectivity index (χ4n) is 2.18. The predicted molar refractivity (Wildman–Crippen MR) is 61.9 cm³/mol. The van der Waals surface area contributed by atoms with E-state index in [1.165, 1.54) is 18.9 Å². The van der Waals surface area contributed by atoms with Gasteiger partial charge in [0.2, 0.25) is 0 Å². The maximum Gasteiger partial charge on any atom is 0.165 e. The van der Waals surface area contributed by atoms with E-state index in [0.717, 1.165) is 18.4 Å². The van der Waals surface area contributed by atoms with E-state index in [1.807, 2.05) is 13.0 Å². The molecule has 0 radical (unpaired) electrons. The molecule has 2 rings (SSSR count). The molecule has 0 saturated heterocycles. The Morgan fingerprint density at radius 1 is 1.38 bits per heavy atom. The number of halogens is 1. The maximum atomic E-state index is 13.7. The molecule has 1 aliphatic carbocycles. The smallest absolute Gasteiger partial charge is 0.165 e. The molecule has 1 aromatic rings. The van der Waals surface area contributed by atoms with Gasteiger partial charge in [0.05, 0.1) is 6.10 Å². The summed E-state index contributed by atoms with van der Waals surface area (Å²) >= 11 is 0. The first-order valence-corrected chi connectivity index (χ1v) is 5.89. The van der Waals surface area contributed by atoms with Crippen LogP contribution in [0.2, 0.25) is 0 Å². The summed E-state index contributed by atoms with van der Waals surface area (Å²) in [5, 5.41) is 0. The minimum Gasteiger partial charge on any atom is -0.487 e. The van der Waals surface area contributed by atoms with Gasteiger partial charge >= 0.3 is 0 Å². The Labute approximate surface area is 95.6 Å². The topological polar surface area (TPSA) is 35.2 Å².